The van der Waals surface area contributed by atoms with E-state index in [4.69, 9.17) is 33.8 Å². The molecule has 3 aromatic rings. The Hall–Kier alpha value is -2.43. The SMILES string of the molecule is COc1ncnc2c1[nH]c(=S)n2-c1ccc(C#N)cc1Cl. The molecule has 6 nitrogen and oxygen atoms in total. The summed E-state index contributed by atoms with van der Waals surface area (Å²) in [6.45, 7) is 0. The Morgan fingerprint density at radius 1 is 1.43 bits per heavy atom. The van der Waals surface area contributed by atoms with Crippen molar-refractivity contribution in [1.29, 1.82) is 5.26 Å². The second-order valence-corrected chi connectivity index (χ2v) is 4.92. The molecule has 0 saturated heterocycles. The molecule has 0 spiro atoms. The van der Waals surface area contributed by atoms with Gasteiger partial charge in [-0.05, 0) is 30.4 Å². The first-order chi connectivity index (χ1) is 10.2. The lowest BCUT2D eigenvalue weighted by molar-refractivity contribution is 0.401. The minimum Gasteiger partial charge on any atom is -0.479 e. The molecule has 0 amide bonds. The zero-order chi connectivity index (χ0) is 15.0. The third-order valence-corrected chi connectivity index (χ3v) is 3.54. The number of H-pyrrole nitrogens is 1. The number of benzene rings is 1. The average molecular weight is 318 g/mol. The van der Waals surface area contributed by atoms with Crippen LogP contribution in [0.3, 0.4) is 0 Å². The molecule has 2 aromatic heterocycles. The van der Waals surface area contributed by atoms with Crippen LogP contribution in [0.5, 0.6) is 5.88 Å². The van der Waals surface area contributed by atoms with E-state index in [1.807, 2.05) is 6.07 Å². The van der Waals surface area contributed by atoms with Crippen LogP contribution >= 0.6 is 23.8 Å². The number of nitriles is 1. The Balaban J connectivity index is 2.34. The third kappa shape index (κ3) is 2.14. The summed E-state index contributed by atoms with van der Waals surface area (Å²) in [7, 11) is 1.52. The number of aromatic nitrogens is 4. The highest BCUT2D eigenvalue weighted by Crippen LogP contribution is 2.27. The lowest BCUT2D eigenvalue weighted by Crippen LogP contribution is -1.98. The molecule has 104 valence electrons. The first-order valence-electron chi connectivity index (χ1n) is 5.85. The van der Waals surface area contributed by atoms with E-state index in [1.165, 1.54) is 13.4 Å². The molecular formula is C13H8ClN5OS. The van der Waals surface area contributed by atoms with Crippen LogP contribution < -0.4 is 4.74 Å². The van der Waals surface area contributed by atoms with E-state index in [1.54, 1.807) is 22.8 Å². The van der Waals surface area contributed by atoms with Crippen LogP contribution in [0.4, 0.5) is 0 Å². The van der Waals surface area contributed by atoms with E-state index in [2.05, 4.69) is 15.0 Å². The summed E-state index contributed by atoms with van der Waals surface area (Å²) < 4.78 is 7.27. The molecule has 21 heavy (non-hydrogen) atoms. The molecule has 8 heteroatoms. The van der Waals surface area contributed by atoms with Gasteiger partial charge < -0.3 is 9.72 Å². The summed E-state index contributed by atoms with van der Waals surface area (Å²) in [4.78, 5) is 11.2. The zero-order valence-corrected chi connectivity index (χ0v) is 12.4. The predicted molar refractivity (Wildman–Crippen MR) is 80.3 cm³/mol. The van der Waals surface area contributed by atoms with Gasteiger partial charge in [0.25, 0.3) is 0 Å². The lowest BCUT2D eigenvalue weighted by Gasteiger charge is -2.06. The second kappa shape index (κ2) is 5.16. The van der Waals surface area contributed by atoms with Gasteiger partial charge in [-0.1, -0.05) is 11.6 Å². The number of halogens is 1. The molecule has 0 saturated carbocycles. The molecule has 0 bridgehead atoms. The first kappa shape index (κ1) is 13.5. The highest BCUT2D eigenvalue weighted by molar-refractivity contribution is 7.71. The topological polar surface area (TPSA) is 79.5 Å². The Labute approximate surface area is 129 Å². The van der Waals surface area contributed by atoms with Crippen molar-refractivity contribution in [3.8, 4) is 17.6 Å². The molecular weight excluding hydrogens is 310 g/mol. The standard InChI is InChI=1S/C13H8ClN5OS/c1-20-12-10-11(16-6-17-12)19(13(21)18-10)9-3-2-7(5-15)4-8(9)14/h2-4,6H,1H3,(H,18,21). The molecule has 0 atom stereocenters. The van der Waals surface area contributed by atoms with Gasteiger partial charge in [-0.2, -0.15) is 10.2 Å². The number of nitrogens with zero attached hydrogens (tertiary/aromatic N) is 4. The first-order valence-corrected chi connectivity index (χ1v) is 6.64. The minimum atomic E-state index is 0.398. The number of aromatic amines is 1. The van der Waals surface area contributed by atoms with Gasteiger partial charge in [-0.25, -0.2) is 4.98 Å². The van der Waals surface area contributed by atoms with Crippen molar-refractivity contribution in [1.82, 2.24) is 19.5 Å². The fraction of sp³-hybridized carbons (Fsp3) is 0.0769. The molecule has 0 aliphatic heterocycles. The lowest BCUT2D eigenvalue weighted by atomic mass is 10.2. The van der Waals surface area contributed by atoms with Gasteiger partial charge in [0.2, 0.25) is 5.88 Å². The Kier molecular flexibility index (Phi) is 3.33. The Morgan fingerprint density at radius 2 is 2.24 bits per heavy atom. The van der Waals surface area contributed by atoms with E-state index < -0.39 is 0 Å². The maximum absolute atomic E-state index is 8.90. The van der Waals surface area contributed by atoms with Crippen LogP contribution in [0.1, 0.15) is 5.56 Å². The maximum atomic E-state index is 8.90. The van der Waals surface area contributed by atoms with Crippen LogP contribution in [0.2, 0.25) is 5.02 Å². The van der Waals surface area contributed by atoms with Crippen LogP contribution in [0.25, 0.3) is 16.9 Å². The highest BCUT2D eigenvalue weighted by atomic mass is 35.5. The summed E-state index contributed by atoms with van der Waals surface area (Å²) in [5.41, 5.74) is 2.25. The fourth-order valence-electron chi connectivity index (χ4n) is 2.03. The molecule has 1 N–H and O–H groups in total. The number of rotatable bonds is 2. The number of hydrogen-bond acceptors (Lipinski definition) is 5. The van der Waals surface area contributed by atoms with Gasteiger partial charge in [0.05, 0.1) is 29.5 Å². The van der Waals surface area contributed by atoms with E-state index in [0.717, 1.165) is 0 Å². The predicted octanol–water partition coefficient (Wildman–Crippen LogP) is 3.01. The number of methoxy groups -OCH3 is 1. The van der Waals surface area contributed by atoms with Gasteiger partial charge in [0.1, 0.15) is 11.8 Å². The number of hydrogen-bond donors (Lipinski definition) is 1. The summed E-state index contributed by atoms with van der Waals surface area (Å²) in [6.07, 6.45) is 1.39. The van der Waals surface area contributed by atoms with Crippen LogP contribution in [0.15, 0.2) is 24.5 Å². The minimum absolute atomic E-state index is 0.398. The highest BCUT2D eigenvalue weighted by Gasteiger charge is 2.14. The molecule has 0 radical (unpaired) electrons. The van der Waals surface area contributed by atoms with Crippen LogP contribution in [-0.2, 0) is 0 Å². The molecule has 1 aromatic carbocycles. The summed E-state index contributed by atoms with van der Waals surface area (Å²) >= 11 is 11.6. The zero-order valence-electron chi connectivity index (χ0n) is 10.8. The summed E-state index contributed by atoms with van der Waals surface area (Å²) in [5, 5.41) is 9.30. The van der Waals surface area contributed by atoms with Crippen molar-refractivity contribution in [2.24, 2.45) is 0 Å². The number of nitrogens with one attached hydrogen (secondary N) is 1. The largest absolute Gasteiger partial charge is 0.479 e. The monoisotopic (exact) mass is 317 g/mol. The average Bonchev–Trinajstić information content (AvgIpc) is 2.83. The summed E-state index contributed by atoms with van der Waals surface area (Å²) in [6, 6.07) is 7.00. The smallest absolute Gasteiger partial charge is 0.242 e. The van der Waals surface area contributed by atoms with Gasteiger partial charge in [0, 0.05) is 0 Å². The number of imidazole rings is 1. The van der Waals surface area contributed by atoms with Crippen molar-refractivity contribution in [2.45, 2.75) is 0 Å². The van der Waals surface area contributed by atoms with Crippen molar-refractivity contribution in [3.05, 3.63) is 39.9 Å². The van der Waals surface area contributed by atoms with E-state index >= 15 is 0 Å². The van der Waals surface area contributed by atoms with Gasteiger partial charge in [0.15, 0.2) is 10.4 Å². The molecule has 0 unspecified atom stereocenters. The van der Waals surface area contributed by atoms with E-state index in [9.17, 15) is 0 Å². The van der Waals surface area contributed by atoms with Crippen molar-refractivity contribution in [3.63, 3.8) is 0 Å². The van der Waals surface area contributed by atoms with Crippen LogP contribution in [-0.4, -0.2) is 26.6 Å². The van der Waals surface area contributed by atoms with Crippen molar-refractivity contribution in [2.75, 3.05) is 7.11 Å². The number of fused-ring (bicyclic) bond motifs is 1. The summed E-state index contributed by atoms with van der Waals surface area (Å²) in [5.74, 6) is 0.398. The molecule has 3 rings (SSSR count). The van der Waals surface area contributed by atoms with Gasteiger partial charge >= 0.3 is 0 Å². The quantitative estimate of drug-likeness (QED) is 0.735. The van der Waals surface area contributed by atoms with E-state index in [-0.39, 0.29) is 0 Å². The third-order valence-electron chi connectivity index (χ3n) is 2.95. The Bertz CT molecular complexity index is 940. The maximum Gasteiger partial charge on any atom is 0.242 e. The van der Waals surface area contributed by atoms with Crippen molar-refractivity contribution >= 4 is 35.0 Å². The normalized spacial score (nSPS) is 10.5. The van der Waals surface area contributed by atoms with Gasteiger partial charge in [-0.3, -0.25) is 4.57 Å². The molecule has 0 aliphatic carbocycles. The number of ether oxygens (including phenoxy) is 1. The molecule has 0 fully saturated rings. The molecule has 0 aliphatic rings. The Morgan fingerprint density at radius 3 is 2.90 bits per heavy atom. The van der Waals surface area contributed by atoms with E-state index in [0.29, 0.717) is 38.1 Å². The fourth-order valence-corrected chi connectivity index (χ4v) is 2.59. The molecule has 2 heterocycles. The second-order valence-electron chi connectivity index (χ2n) is 4.13. The van der Waals surface area contributed by atoms with Gasteiger partial charge in [-0.15, -0.1) is 0 Å². The van der Waals surface area contributed by atoms with Crippen molar-refractivity contribution < 1.29 is 4.74 Å². The van der Waals surface area contributed by atoms with Crippen LogP contribution in [0, 0.1) is 16.1 Å².